The first-order valence-electron chi connectivity index (χ1n) is 4.99. The van der Waals surface area contributed by atoms with Crippen LogP contribution in [-0.4, -0.2) is 24.3 Å². The third-order valence-corrected chi connectivity index (χ3v) is 2.73. The van der Waals surface area contributed by atoms with Crippen LogP contribution >= 0.6 is 0 Å². The quantitative estimate of drug-likeness (QED) is 0.820. The van der Waals surface area contributed by atoms with Crippen molar-refractivity contribution in [2.45, 2.75) is 5.41 Å². The molecule has 1 heterocycles. The van der Waals surface area contributed by atoms with Crippen LogP contribution in [0.15, 0.2) is 30.4 Å². The summed E-state index contributed by atoms with van der Waals surface area (Å²) >= 11 is 0. The summed E-state index contributed by atoms with van der Waals surface area (Å²) in [6.45, 7) is 0.300. The van der Waals surface area contributed by atoms with E-state index in [1.54, 1.807) is 0 Å². The van der Waals surface area contributed by atoms with Gasteiger partial charge in [0, 0.05) is 11.6 Å². The zero-order valence-electron chi connectivity index (χ0n) is 8.82. The molecule has 2 rings (SSSR count). The van der Waals surface area contributed by atoms with Gasteiger partial charge >= 0.3 is 5.97 Å². The van der Waals surface area contributed by atoms with Crippen LogP contribution in [0.1, 0.15) is 5.56 Å². The lowest BCUT2D eigenvalue weighted by Crippen LogP contribution is -2.45. The molecule has 0 aliphatic carbocycles. The molecule has 5 heteroatoms. The predicted octanol–water partition coefficient (Wildman–Crippen LogP) is 1.87. The Labute approximate surface area is 96.3 Å². The van der Waals surface area contributed by atoms with Gasteiger partial charge < -0.3 is 9.84 Å². The minimum Gasteiger partial charge on any atom is -0.478 e. The molecule has 1 aliphatic rings. The minimum atomic E-state index is -1.13. The fraction of sp³-hybridized carbons (Fsp3) is 0.250. The van der Waals surface area contributed by atoms with Crippen molar-refractivity contribution >= 4 is 5.97 Å². The molecule has 0 spiro atoms. The summed E-state index contributed by atoms with van der Waals surface area (Å²) in [4.78, 5) is 10.5. The number of carbonyl (C=O) groups is 1. The van der Waals surface area contributed by atoms with Gasteiger partial charge in [0.1, 0.15) is 11.6 Å². The lowest BCUT2D eigenvalue weighted by molar-refractivity contribution is -0.131. The number of benzene rings is 1. The topological polar surface area (TPSA) is 46.5 Å². The van der Waals surface area contributed by atoms with Gasteiger partial charge in [-0.05, 0) is 18.2 Å². The highest BCUT2D eigenvalue weighted by molar-refractivity contribution is 5.80. The highest BCUT2D eigenvalue weighted by atomic mass is 19.1. The summed E-state index contributed by atoms with van der Waals surface area (Å²) in [6.07, 6.45) is 2.27. The predicted molar refractivity (Wildman–Crippen MR) is 55.6 cm³/mol. The highest BCUT2D eigenvalue weighted by Crippen LogP contribution is 2.35. The first-order valence-corrected chi connectivity index (χ1v) is 4.99. The van der Waals surface area contributed by atoms with Crippen LogP contribution in [0.5, 0.6) is 0 Å². The van der Waals surface area contributed by atoms with Gasteiger partial charge in [-0.1, -0.05) is 6.08 Å². The third kappa shape index (κ3) is 2.19. The molecule has 0 atom stereocenters. The van der Waals surface area contributed by atoms with Crippen molar-refractivity contribution in [3.8, 4) is 0 Å². The van der Waals surface area contributed by atoms with Crippen LogP contribution in [0, 0.1) is 11.6 Å². The van der Waals surface area contributed by atoms with Gasteiger partial charge in [-0.2, -0.15) is 0 Å². The second-order valence-corrected chi connectivity index (χ2v) is 3.94. The molecule has 0 radical (unpaired) electrons. The zero-order valence-corrected chi connectivity index (χ0v) is 8.82. The fourth-order valence-electron chi connectivity index (χ4n) is 1.77. The van der Waals surface area contributed by atoms with E-state index < -0.39 is 23.0 Å². The zero-order chi connectivity index (χ0) is 12.5. The second kappa shape index (κ2) is 4.25. The van der Waals surface area contributed by atoms with Crippen molar-refractivity contribution in [3.63, 3.8) is 0 Å². The lowest BCUT2D eigenvalue weighted by Gasteiger charge is -2.39. The molecule has 1 aromatic rings. The summed E-state index contributed by atoms with van der Waals surface area (Å²) in [5.74, 6) is -2.26. The van der Waals surface area contributed by atoms with E-state index >= 15 is 0 Å². The maximum atomic E-state index is 13.6. The van der Waals surface area contributed by atoms with Crippen LogP contribution in [0.2, 0.25) is 0 Å². The number of hydrogen-bond acceptors (Lipinski definition) is 2. The molecule has 1 N–H and O–H groups in total. The fourth-order valence-corrected chi connectivity index (χ4v) is 1.77. The van der Waals surface area contributed by atoms with E-state index in [4.69, 9.17) is 9.84 Å². The standard InChI is InChI=1S/C12H10F2O3/c13-8-1-2-10(14)9(5-8)12(6-17-7-12)4-3-11(15)16/h1-5H,6-7H2,(H,15,16)/b4-3+. The van der Waals surface area contributed by atoms with E-state index in [9.17, 15) is 13.6 Å². The van der Waals surface area contributed by atoms with Gasteiger partial charge in [-0.15, -0.1) is 0 Å². The number of aliphatic carboxylic acids is 1. The highest BCUT2D eigenvalue weighted by Gasteiger charge is 2.40. The van der Waals surface area contributed by atoms with Crippen LogP contribution < -0.4 is 0 Å². The van der Waals surface area contributed by atoms with Crippen molar-refractivity contribution in [1.29, 1.82) is 0 Å². The van der Waals surface area contributed by atoms with E-state index in [1.165, 1.54) is 6.08 Å². The van der Waals surface area contributed by atoms with Crippen LogP contribution in [0.4, 0.5) is 8.78 Å². The Morgan fingerprint density at radius 1 is 1.41 bits per heavy atom. The third-order valence-electron chi connectivity index (χ3n) is 2.73. The van der Waals surface area contributed by atoms with Crippen LogP contribution in [-0.2, 0) is 14.9 Å². The first-order chi connectivity index (χ1) is 8.03. The summed E-state index contributed by atoms with van der Waals surface area (Å²) in [6, 6.07) is 3.12. The van der Waals surface area contributed by atoms with Crippen molar-refractivity contribution in [1.82, 2.24) is 0 Å². The summed E-state index contributed by atoms with van der Waals surface area (Å²) in [7, 11) is 0. The SMILES string of the molecule is O=C(O)/C=C/C1(c2cc(F)ccc2F)COC1. The Morgan fingerprint density at radius 3 is 2.65 bits per heavy atom. The Kier molecular flexibility index (Phi) is 2.93. The molecule has 0 bridgehead atoms. The van der Waals surface area contributed by atoms with Crippen molar-refractivity contribution in [2.24, 2.45) is 0 Å². The molecular formula is C12H10F2O3. The lowest BCUT2D eigenvalue weighted by atomic mass is 9.78. The van der Waals surface area contributed by atoms with Crippen molar-refractivity contribution in [2.75, 3.05) is 13.2 Å². The normalized spacial score (nSPS) is 18.0. The van der Waals surface area contributed by atoms with Gasteiger partial charge in [0.25, 0.3) is 0 Å². The van der Waals surface area contributed by atoms with E-state index in [2.05, 4.69) is 0 Å². The number of carboxylic acids is 1. The number of halogens is 2. The Bertz CT molecular complexity index is 479. The van der Waals surface area contributed by atoms with Gasteiger partial charge in [-0.25, -0.2) is 13.6 Å². The summed E-state index contributed by atoms with van der Waals surface area (Å²) < 4.78 is 31.7. The largest absolute Gasteiger partial charge is 0.478 e. The van der Waals surface area contributed by atoms with Crippen LogP contribution in [0.3, 0.4) is 0 Å². The average Bonchev–Trinajstić information content (AvgIpc) is 2.21. The maximum Gasteiger partial charge on any atom is 0.328 e. The van der Waals surface area contributed by atoms with E-state index in [-0.39, 0.29) is 18.8 Å². The molecule has 0 aromatic heterocycles. The minimum absolute atomic E-state index is 0.126. The second-order valence-electron chi connectivity index (χ2n) is 3.94. The molecule has 1 aromatic carbocycles. The smallest absolute Gasteiger partial charge is 0.328 e. The number of rotatable bonds is 3. The number of carboxylic acid groups (broad SMARTS) is 1. The molecule has 90 valence electrons. The van der Waals surface area contributed by atoms with E-state index in [0.717, 1.165) is 24.3 Å². The number of ether oxygens (including phenoxy) is 1. The molecule has 0 saturated carbocycles. The molecular weight excluding hydrogens is 230 g/mol. The molecule has 0 unspecified atom stereocenters. The van der Waals surface area contributed by atoms with Crippen molar-refractivity contribution < 1.29 is 23.4 Å². The molecule has 3 nitrogen and oxygen atoms in total. The Morgan fingerprint density at radius 2 is 2.12 bits per heavy atom. The van der Waals surface area contributed by atoms with E-state index in [1.807, 2.05) is 0 Å². The molecule has 1 fully saturated rings. The average molecular weight is 240 g/mol. The monoisotopic (exact) mass is 240 g/mol. The molecule has 0 amide bonds. The van der Waals surface area contributed by atoms with Crippen molar-refractivity contribution in [3.05, 3.63) is 47.5 Å². The Hall–Kier alpha value is -1.75. The molecule has 1 saturated heterocycles. The maximum absolute atomic E-state index is 13.6. The van der Waals surface area contributed by atoms with Gasteiger partial charge in [0.05, 0.1) is 18.6 Å². The Balaban J connectivity index is 2.41. The van der Waals surface area contributed by atoms with E-state index in [0.29, 0.717) is 0 Å². The summed E-state index contributed by atoms with van der Waals surface area (Å²) in [5, 5.41) is 8.57. The molecule has 1 aliphatic heterocycles. The van der Waals surface area contributed by atoms with Gasteiger partial charge in [0.15, 0.2) is 0 Å². The van der Waals surface area contributed by atoms with Crippen LogP contribution in [0.25, 0.3) is 0 Å². The number of hydrogen-bond donors (Lipinski definition) is 1. The first kappa shape index (κ1) is 11.7. The molecule has 17 heavy (non-hydrogen) atoms. The van der Waals surface area contributed by atoms with Gasteiger partial charge in [-0.3, -0.25) is 0 Å². The van der Waals surface area contributed by atoms with Gasteiger partial charge in [0.2, 0.25) is 0 Å². The summed E-state index contributed by atoms with van der Waals surface area (Å²) in [5.41, 5.74) is -0.744.